The second-order valence-electron chi connectivity index (χ2n) is 9.34. The summed E-state index contributed by atoms with van der Waals surface area (Å²) in [5, 5.41) is 16.7. The molecule has 0 radical (unpaired) electrons. The molecule has 6 rings (SSSR count). The number of aromatic nitrogens is 3. The van der Waals surface area contributed by atoms with Gasteiger partial charge in [-0.15, -0.1) is 0 Å². The molecule has 2 heterocycles. The van der Waals surface area contributed by atoms with Gasteiger partial charge < -0.3 is 5.32 Å². The first-order chi connectivity index (χ1) is 15.4. The lowest BCUT2D eigenvalue weighted by atomic mass is 9.69. The van der Waals surface area contributed by atoms with Gasteiger partial charge >= 0.3 is 6.18 Å². The van der Waals surface area contributed by atoms with Gasteiger partial charge in [0.2, 0.25) is 6.20 Å². The number of carbonyl (C=O) groups excluding carboxylic acids is 1. The maximum atomic E-state index is 14.1. The van der Waals surface area contributed by atoms with Gasteiger partial charge in [0, 0.05) is 41.7 Å². The number of nitrogens with one attached hydrogen (secondary N) is 1. The van der Waals surface area contributed by atoms with Crippen LogP contribution in [0.5, 0.6) is 0 Å². The Morgan fingerprint density at radius 1 is 1.36 bits per heavy atom. The number of halogens is 5. The highest BCUT2D eigenvalue weighted by molar-refractivity contribution is 7.98. The molecule has 0 aliphatic heterocycles. The molecule has 4 fully saturated rings. The third kappa shape index (κ3) is 3.85. The molecule has 1 amide bonds. The molecule has 4 saturated carbocycles. The molecule has 0 unspecified atom stereocenters. The molecule has 2 bridgehead atoms. The molecule has 2 N–H and O–H groups in total. The molecule has 0 saturated heterocycles. The number of thioether (sulfide) groups is 1. The Hall–Kier alpha value is -2.37. The van der Waals surface area contributed by atoms with E-state index < -0.39 is 47.0 Å². The summed E-state index contributed by atoms with van der Waals surface area (Å²) in [6.45, 7) is -0.154. The highest BCUT2D eigenvalue weighted by atomic mass is 32.2. The van der Waals surface area contributed by atoms with Gasteiger partial charge in [-0.05, 0) is 37.4 Å². The number of amides is 1. The summed E-state index contributed by atoms with van der Waals surface area (Å²) in [5.74, 6) is -4.99. The second kappa shape index (κ2) is 7.31. The number of nitrogens with zero attached hydrogens (tertiary/aromatic N) is 3. The normalized spacial score (nSPS) is 25.7. The van der Waals surface area contributed by atoms with Crippen LogP contribution in [0.25, 0.3) is 0 Å². The first kappa shape index (κ1) is 22.4. The van der Waals surface area contributed by atoms with Crippen molar-refractivity contribution in [1.82, 2.24) is 9.78 Å². The van der Waals surface area contributed by atoms with Crippen LogP contribution < -0.4 is 10.0 Å². The lowest BCUT2D eigenvalue weighted by molar-refractivity contribution is -0.932. The zero-order chi connectivity index (χ0) is 23.8. The zero-order valence-corrected chi connectivity index (χ0v) is 18.4. The number of fused-ring (bicyclic) bond motifs is 1. The minimum atomic E-state index is -4.82. The first-order valence-corrected chi connectivity index (χ1v) is 11.8. The third-order valence-electron chi connectivity index (χ3n) is 6.86. The van der Waals surface area contributed by atoms with Gasteiger partial charge in [0.25, 0.3) is 16.9 Å². The molecule has 178 valence electrons. The zero-order valence-electron chi connectivity index (χ0n) is 17.6. The quantitative estimate of drug-likeness (QED) is 0.267. The van der Waals surface area contributed by atoms with Crippen LogP contribution >= 0.6 is 11.8 Å². The molecule has 2 aromatic heterocycles. The predicted octanol–water partition coefficient (Wildman–Crippen LogP) is 4.71. The van der Waals surface area contributed by atoms with E-state index in [9.17, 15) is 32.0 Å². The standard InChI is InChI=1S/C21H21F5N4O2S/c1-33-14-6-13(4-5-30(14)32)27-18(31)17-15(21(24,25)26)16(11-2-3-11)28-29(17)10-19-7-12(8-19)20(22,23)9-19/h4-6,11-12,32H,2-3,7-10H2,1H3/p+1. The van der Waals surface area contributed by atoms with Crippen LogP contribution in [0, 0.1) is 11.3 Å². The number of alkyl halides is 5. The van der Waals surface area contributed by atoms with Crippen LogP contribution in [-0.2, 0) is 12.7 Å². The third-order valence-corrected chi connectivity index (χ3v) is 7.58. The van der Waals surface area contributed by atoms with E-state index in [4.69, 9.17) is 0 Å². The lowest BCUT2D eigenvalue weighted by Gasteiger charge is -2.37. The molecular weight excluding hydrogens is 467 g/mol. The van der Waals surface area contributed by atoms with Gasteiger partial charge in [0.1, 0.15) is 11.3 Å². The second-order valence-corrected chi connectivity index (χ2v) is 10.2. The number of anilines is 1. The summed E-state index contributed by atoms with van der Waals surface area (Å²) < 4.78 is 72.4. The summed E-state index contributed by atoms with van der Waals surface area (Å²) in [5.41, 5.74) is -2.57. The van der Waals surface area contributed by atoms with Crippen molar-refractivity contribution in [2.75, 3.05) is 11.6 Å². The van der Waals surface area contributed by atoms with Gasteiger partial charge in [-0.2, -0.15) is 18.3 Å². The van der Waals surface area contributed by atoms with Gasteiger partial charge in [-0.25, -0.2) is 8.78 Å². The van der Waals surface area contributed by atoms with Crippen molar-refractivity contribution < 1.29 is 36.7 Å². The largest absolute Gasteiger partial charge is 0.420 e. The number of pyridine rings is 1. The molecule has 2 aromatic rings. The van der Waals surface area contributed by atoms with E-state index in [1.807, 2.05) is 0 Å². The van der Waals surface area contributed by atoms with E-state index in [0.29, 0.717) is 17.9 Å². The van der Waals surface area contributed by atoms with Crippen molar-refractivity contribution in [2.24, 2.45) is 11.3 Å². The number of rotatable bonds is 6. The minimum absolute atomic E-state index is 0.154. The maximum absolute atomic E-state index is 14.1. The van der Waals surface area contributed by atoms with Crippen LogP contribution in [0.4, 0.5) is 27.6 Å². The van der Waals surface area contributed by atoms with Crippen LogP contribution in [0.1, 0.15) is 59.8 Å². The summed E-state index contributed by atoms with van der Waals surface area (Å²) >= 11 is 1.18. The number of hydrogen-bond donors (Lipinski definition) is 2. The van der Waals surface area contributed by atoms with E-state index >= 15 is 0 Å². The maximum Gasteiger partial charge on any atom is 0.420 e. The lowest BCUT2D eigenvalue weighted by Crippen LogP contribution is -2.35. The van der Waals surface area contributed by atoms with E-state index in [2.05, 4.69) is 10.4 Å². The molecule has 0 atom stereocenters. The molecule has 4 aliphatic carbocycles. The van der Waals surface area contributed by atoms with Crippen molar-refractivity contribution in [1.29, 1.82) is 0 Å². The smallest absolute Gasteiger partial charge is 0.320 e. The average molecular weight is 489 g/mol. The van der Waals surface area contributed by atoms with Gasteiger partial charge in [0.05, 0.1) is 11.4 Å². The van der Waals surface area contributed by atoms with Crippen molar-refractivity contribution in [3.63, 3.8) is 0 Å². The molecule has 6 nitrogen and oxygen atoms in total. The van der Waals surface area contributed by atoms with Gasteiger partial charge in [-0.3, -0.25) is 14.7 Å². The molecule has 0 aromatic carbocycles. The fraction of sp³-hybridized carbons (Fsp3) is 0.571. The molecular formula is C21H22F5N4O2S+. The summed E-state index contributed by atoms with van der Waals surface area (Å²) in [7, 11) is 0. The number of hydrogen-bond acceptors (Lipinski definition) is 4. The summed E-state index contributed by atoms with van der Waals surface area (Å²) in [6.07, 6.45) is -0.768. The Balaban J connectivity index is 1.54. The molecule has 4 aliphatic rings. The average Bonchev–Trinajstić information content (AvgIpc) is 3.35. The van der Waals surface area contributed by atoms with E-state index in [0.717, 1.165) is 9.41 Å². The highest BCUT2D eigenvalue weighted by Gasteiger charge is 2.66. The Morgan fingerprint density at radius 3 is 2.61 bits per heavy atom. The fourth-order valence-corrected chi connectivity index (χ4v) is 5.71. The van der Waals surface area contributed by atoms with E-state index in [1.165, 1.54) is 30.1 Å². The molecule has 33 heavy (non-hydrogen) atoms. The summed E-state index contributed by atoms with van der Waals surface area (Å²) in [4.78, 5) is 13.2. The van der Waals surface area contributed by atoms with Crippen LogP contribution in [0.3, 0.4) is 0 Å². The fourth-order valence-electron chi connectivity index (χ4n) is 5.22. The highest BCUT2D eigenvalue weighted by Crippen LogP contribution is 2.66. The Kier molecular flexibility index (Phi) is 4.97. The topological polar surface area (TPSA) is 71.0 Å². The Morgan fingerprint density at radius 2 is 2.06 bits per heavy atom. The molecule has 12 heteroatoms. The van der Waals surface area contributed by atoms with Crippen LogP contribution in [0.15, 0.2) is 23.4 Å². The number of carbonyl (C=O) groups is 1. The van der Waals surface area contributed by atoms with Crippen LogP contribution in [-0.4, -0.2) is 33.1 Å². The van der Waals surface area contributed by atoms with Crippen molar-refractivity contribution in [3.8, 4) is 0 Å². The summed E-state index contributed by atoms with van der Waals surface area (Å²) in [6, 6.07) is 2.77. The Labute approximate surface area is 190 Å². The van der Waals surface area contributed by atoms with Crippen molar-refractivity contribution in [3.05, 3.63) is 35.3 Å². The first-order valence-electron chi connectivity index (χ1n) is 10.6. The Bertz CT molecular complexity index is 1120. The van der Waals surface area contributed by atoms with Crippen LogP contribution in [0.2, 0.25) is 0 Å². The predicted molar refractivity (Wildman–Crippen MR) is 107 cm³/mol. The van der Waals surface area contributed by atoms with E-state index in [1.54, 1.807) is 6.26 Å². The van der Waals surface area contributed by atoms with Gasteiger partial charge in [-0.1, -0.05) is 11.8 Å². The van der Waals surface area contributed by atoms with Crippen molar-refractivity contribution in [2.45, 2.75) is 61.7 Å². The SMILES string of the molecule is CSc1cc(NC(=O)c2c(C(F)(F)F)c(C3CC3)nn2CC23CC(C2)C(F)(F)C3)cc[n+]1O. The van der Waals surface area contributed by atoms with Gasteiger partial charge in [0.15, 0.2) is 0 Å². The van der Waals surface area contributed by atoms with E-state index in [-0.39, 0.29) is 36.7 Å². The van der Waals surface area contributed by atoms with Crippen molar-refractivity contribution >= 4 is 23.4 Å². The monoisotopic (exact) mass is 489 g/mol. The molecule has 0 spiro atoms. The minimum Gasteiger partial charge on any atom is -0.320 e.